The highest BCUT2D eigenvalue weighted by atomic mass is 35.5. The van der Waals surface area contributed by atoms with Crippen molar-refractivity contribution >= 4 is 35.0 Å². The Morgan fingerprint density at radius 3 is 2.30 bits per heavy atom. The van der Waals surface area contributed by atoms with Crippen LogP contribution in [0.15, 0.2) is 48.5 Å². The molecule has 1 N–H and O–H groups in total. The largest absolute Gasteiger partial charge is 0.352 e. The van der Waals surface area contributed by atoms with Gasteiger partial charge in [-0.1, -0.05) is 59.6 Å². The van der Waals surface area contributed by atoms with Crippen LogP contribution >= 0.6 is 23.2 Å². The number of nitrogens with one attached hydrogen (secondary N) is 1. The number of hydrogen-bond donors (Lipinski definition) is 1. The summed E-state index contributed by atoms with van der Waals surface area (Å²) in [5, 5.41) is 3.86. The third-order valence-corrected chi connectivity index (χ3v) is 4.74. The molecule has 0 aliphatic carbocycles. The lowest BCUT2D eigenvalue weighted by molar-refractivity contribution is -0.140. The summed E-state index contributed by atoms with van der Waals surface area (Å²) in [6, 6.07) is 14.0. The molecule has 0 bridgehead atoms. The smallest absolute Gasteiger partial charge is 0.242 e. The summed E-state index contributed by atoms with van der Waals surface area (Å²) >= 11 is 12.2. The minimum atomic E-state index is -0.629. The molecule has 0 saturated carbocycles. The Morgan fingerprint density at radius 2 is 1.70 bits per heavy atom. The minimum Gasteiger partial charge on any atom is -0.352 e. The van der Waals surface area contributed by atoms with Crippen molar-refractivity contribution in [3.8, 4) is 0 Å². The maximum atomic E-state index is 13.0. The first-order valence-electron chi connectivity index (χ1n) is 8.85. The molecular formula is C21H24Cl2N2O2. The van der Waals surface area contributed by atoms with E-state index in [1.54, 1.807) is 30.0 Å². The fourth-order valence-corrected chi connectivity index (χ4v) is 3.16. The molecule has 2 amide bonds. The van der Waals surface area contributed by atoms with Crippen LogP contribution < -0.4 is 5.32 Å². The number of hydrogen-bond acceptors (Lipinski definition) is 2. The monoisotopic (exact) mass is 406 g/mol. The molecule has 27 heavy (non-hydrogen) atoms. The molecule has 144 valence electrons. The van der Waals surface area contributed by atoms with Gasteiger partial charge in [0.05, 0.1) is 6.42 Å². The molecule has 0 unspecified atom stereocenters. The van der Waals surface area contributed by atoms with Gasteiger partial charge in [0, 0.05) is 22.6 Å². The Balaban J connectivity index is 2.26. The van der Waals surface area contributed by atoms with Gasteiger partial charge >= 0.3 is 0 Å². The summed E-state index contributed by atoms with van der Waals surface area (Å²) in [5.41, 5.74) is 1.64. The zero-order valence-electron chi connectivity index (χ0n) is 15.7. The number of benzene rings is 2. The average molecular weight is 407 g/mol. The van der Waals surface area contributed by atoms with Crippen LogP contribution in [-0.4, -0.2) is 28.8 Å². The van der Waals surface area contributed by atoms with E-state index < -0.39 is 6.04 Å². The molecule has 2 aromatic rings. The van der Waals surface area contributed by atoms with Gasteiger partial charge in [0.15, 0.2) is 0 Å². The molecule has 0 aliphatic heterocycles. The summed E-state index contributed by atoms with van der Waals surface area (Å²) in [6.45, 7) is 5.73. The van der Waals surface area contributed by atoms with E-state index in [1.165, 1.54) is 0 Å². The van der Waals surface area contributed by atoms with E-state index in [-0.39, 0.29) is 30.8 Å². The number of amides is 2. The number of halogens is 2. The van der Waals surface area contributed by atoms with E-state index in [4.69, 9.17) is 23.2 Å². The standard InChI is InChI=1S/C21H24Cl2N2O2/c1-14(2)24-21(27)15(3)25(13-17-9-10-18(22)12-19(17)23)20(26)11-16-7-5-4-6-8-16/h4-10,12,14-15H,11,13H2,1-3H3,(H,24,27)/t15-/m0/s1. The second-order valence-electron chi connectivity index (χ2n) is 6.76. The van der Waals surface area contributed by atoms with E-state index >= 15 is 0 Å². The highest BCUT2D eigenvalue weighted by Crippen LogP contribution is 2.23. The van der Waals surface area contributed by atoms with E-state index in [9.17, 15) is 9.59 Å². The van der Waals surface area contributed by atoms with Gasteiger partial charge < -0.3 is 10.2 Å². The predicted octanol–water partition coefficient (Wildman–Crippen LogP) is 4.48. The van der Waals surface area contributed by atoms with Gasteiger partial charge in [-0.25, -0.2) is 0 Å². The Labute approximate surface area is 170 Å². The predicted molar refractivity (Wildman–Crippen MR) is 110 cm³/mol. The van der Waals surface area contributed by atoms with Crippen molar-refractivity contribution in [1.82, 2.24) is 10.2 Å². The molecule has 4 nitrogen and oxygen atoms in total. The first kappa shape index (κ1) is 21.3. The molecule has 0 aliphatic rings. The van der Waals surface area contributed by atoms with Crippen molar-refractivity contribution < 1.29 is 9.59 Å². The summed E-state index contributed by atoms with van der Waals surface area (Å²) in [7, 11) is 0. The molecule has 0 fully saturated rings. The van der Waals surface area contributed by atoms with Gasteiger partial charge in [0.25, 0.3) is 0 Å². The summed E-state index contributed by atoms with van der Waals surface area (Å²) < 4.78 is 0. The van der Waals surface area contributed by atoms with Crippen LogP contribution in [0.2, 0.25) is 10.0 Å². The SMILES string of the molecule is CC(C)NC(=O)[C@H](C)N(Cc1ccc(Cl)cc1Cl)C(=O)Cc1ccccc1. The van der Waals surface area contributed by atoms with E-state index in [0.717, 1.165) is 11.1 Å². The molecule has 2 aromatic carbocycles. The van der Waals surface area contributed by atoms with E-state index in [1.807, 2.05) is 44.2 Å². The third kappa shape index (κ3) is 6.26. The van der Waals surface area contributed by atoms with Crippen LogP contribution in [-0.2, 0) is 22.6 Å². The molecule has 0 aromatic heterocycles. The maximum Gasteiger partial charge on any atom is 0.242 e. The molecule has 0 saturated heterocycles. The number of rotatable bonds is 7. The number of carbonyl (C=O) groups is 2. The van der Waals surface area contributed by atoms with Gasteiger partial charge in [-0.15, -0.1) is 0 Å². The van der Waals surface area contributed by atoms with Crippen molar-refractivity contribution in [3.05, 3.63) is 69.7 Å². The lowest BCUT2D eigenvalue weighted by Gasteiger charge is -2.30. The van der Waals surface area contributed by atoms with Crippen molar-refractivity contribution in [2.24, 2.45) is 0 Å². The topological polar surface area (TPSA) is 49.4 Å². The second kappa shape index (κ2) is 9.77. The molecule has 0 heterocycles. The van der Waals surface area contributed by atoms with E-state index in [2.05, 4.69) is 5.32 Å². The van der Waals surface area contributed by atoms with Gasteiger partial charge in [-0.05, 0) is 44.0 Å². The third-order valence-electron chi connectivity index (χ3n) is 4.15. The highest BCUT2D eigenvalue weighted by Gasteiger charge is 2.27. The second-order valence-corrected chi connectivity index (χ2v) is 7.60. The summed E-state index contributed by atoms with van der Waals surface area (Å²) in [5.74, 6) is -0.338. The van der Waals surface area contributed by atoms with Crippen molar-refractivity contribution in [3.63, 3.8) is 0 Å². The average Bonchev–Trinajstić information content (AvgIpc) is 2.60. The fourth-order valence-electron chi connectivity index (χ4n) is 2.69. The van der Waals surface area contributed by atoms with Crippen LogP contribution in [0.4, 0.5) is 0 Å². The number of carbonyl (C=O) groups excluding carboxylic acids is 2. The Bertz CT molecular complexity index is 794. The van der Waals surface area contributed by atoms with Gasteiger partial charge in [-0.3, -0.25) is 9.59 Å². The molecule has 0 radical (unpaired) electrons. The van der Waals surface area contributed by atoms with Crippen LogP contribution in [0.1, 0.15) is 31.9 Å². The fraction of sp³-hybridized carbons (Fsp3) is 0.333. The van der Waals surface area contributed by atoms with E-state index in [0.29, 0.717) is 10.0 Å². The molecule has 2 rings (SSSR count). The maximum absolute atomic E-state index is 13.0. The van der Waals surface area contributed by atoms with Crippen LogP contribution in [0.25, 0.3) is 0 Å². The van der Waals surface area contributed by atoms with Crippen LogP contribution in [0.5, 0.6) is 0 Å². The Morgan fingerprint density at radius 1 is 1.04 bits per heavy atom. The van der Waals surface area contributed by atoms with Gasteiger partial charge in [0.1, 0.15) is 6.04 Å². The summed E-state index contributed by atoms with van der Waals surface area (Å²) in [6.07, 6.45) is 0.214. The molecule has 1 atom stereocenters. The zero-order valence-corrected chi connectivity index (χ0v) is 17.2. The highest BCUT2D eigenvalue weighted by molar-refractivity contribution is 6.35. The Hall–Kier alpha value is -2.04. The first-order chi connectivity index (χ1) is 12.8. The first-order valence-corrected chi connectivity index (χ1v) is 9.61. The van der Waals surface area contributed by atoms with Crippen LogP contribution in [0, 0.1) is 0 Å². The minimum absolute atomic E-state index is 0.00912. The normalized spacial score (nSPS) is 11.9. The van der Waals surface area contributed by atoms with Crippen molar-refractivity contribution in [2.75, 3.05) is 0 Å². The Kier molecular flexibility index (Phi) is 7.69. The van der Waals surface area contributed by atoms with Gasteiger partial charge in [-0.2, -0.15) is 0 Å². The zero-order chi connectivity index (χ0) is 20.0. The quantitative estimate of drug-likeness (QED) is 0.736. The molecular weight excluding hydrogens is 383 g/mol. The summed E-state index contributed by atoms with van der Waals surface area (Å²) in [4.78, 5) is 27.1. The lowest BCUT2D eigenvalue weighted by atomic mass is 10.1. The van der Waals surface area contributed by atoms with Crippen molar-refractivity contribution in [2.45, 2.75) is 45.8 Å². The van der Waals surface area contributed by atoms with Crippen LogP contribution in [0.3, 0.4) is 0 Å². The van der Waals surface area contributed by atoms with Gasteiger partial charge in [0.2, 0.25) is 11.8 Å². The molecule has 0 spiro atoms. The lowest BCUT2D eigenvalue weighted by Crippen LogP contribution is -2.49. The van der Waals surface area contributed by atoms with Crippen molar-refractivity contribution in [1.29, 1.82) is 0 Å². The molecule has 6 heteroatoms. The number of nitrogens with zero attached hydrogens (tertiary/aromatic N) is 1.